The summed E-state index contributed by atoms with van der Waals surface area (Å²) < 4.78 is 35.7. The monoisotopic (exact) mass is 596 g/mol. The normalized spacial score (nSPS) is 26.4. The number of anilines is 1. The molecule has 6 heterocycles. The topological polar surface area (TPSA) is 86.6 Å². The van der Waals surface area contributed by atoms with Crippen LogP contribution in [0.5, 0.6) is 11.8 Å². The van der Waals surface area contributed by atoms with Gasteiger partial charge in [0.2, 0.25) is 0 Å². The molecule has 4 atom stereocenters. The molecule has 2 aromatic carbocycles. The summed E-state index contributed by atoms with van der Waals surface area (Å²) in [5.41, 5.74) is 2.14. The predicted octanol–water partition coefficient (Wildman–Crippen LogP) is 4.88. The van der Waals surface area contributed by atoms with Crippen LogP contribution in [0.25, 0.3) is 32.9 Å². The molecular formula is C34H34F2N6O2. The largest absolute Gasteiger partial charge is 0.508 e. The molecule has 3 unspecified atom stereocenters. The van der Waals surface area contributed by atoms with E-state index in [0.717, 1.165) is 56.5 Å². The van der Waals surface area contributed by atoms with Gasteiger partial charge in [0.05, 0.1) is 33.4 Å². The van der Waals surface area contributed by atoms with Gasteiger partial charge in [-0.15, -0.1) is 6.42 Å². The number of fused-ring (bicyclic) bond motifs is 5. The van der Waals surface area contributed by atoms with Crippen molar-refractivity contribution < 1.29 is 18.6 Å². The number of nitrogens with zero attached hydrogens (tertiary/aromatic N) is 5. The first-order valence-electron chi connectivity index (χ1n) is 15.4. The number of alkyl halides is 1. The highest BCUT2D eigenvalue weighted by Gasteiger charge is 2.49. The molecule has 4 aromatic rings. The van der Waals surface area contributed by atoms with Crippen molar-refractivity contribution in [2.45, 2.75) is 62.8 Å². The summed E-state index contributed by atoms with van der Waals surface area (Å²) in [6.07, 6.45) is 9.52. The summed E-state index contributed by atoms with van der Waals surface area (Å²) in [5, 5.41) is 16.2. The van der Waals surface area contributed by atoms with Crippen LogP contribution in [0, 0.1) is 25.1 Å². The van der Waals surface area contributed by atoms with E-state index < -0.39 is 12.0 Å². The highest BCUT2D eigenvalue weighted by molar-refractivity contribution is 6.03. The lowest BCUT2D eigenvalue weighted by Crippen LogP contribution is -2.51. The fraction of sp³-hybridized carbons (Fsp3) is 0.441. The van der Waals surface area contributed by atoms with Crippen molar-refractivity contribution in [3.63, 3.8) is 0 Å². The zero-order valence-electron chi connectivity index (χ0n) is 24.6. The standard InChI is InChI=1S/C34H34F2N6O2/c1-3-25-27(36)8-5-20-11-24(43)12-26(31(20)25)28-13-29-30(19(2)37-28)32(41-16-22-6-7-23(17-41)38-22)40-33(39-29)44-18-34-9-4-10-42(34)15-21(35)14-34/h1,5,8,11-13,21-23,38,43H,4,6-7,9-10,14-18H2,2H3/t21-,22?,23?,34?/m1/s1. The van der Waals surface area contributed by atoms with Crippen LogP contribution in [0.15, 0.2) is 30.3 Å². The number of aryl methyl sites for hydroxylation is 1. The molecule has 8 nitrogen and oxygen atoms in total. The Morgan fingerprint density at radius 2 is 1.93 bits per heavy atom. The number of rotatable bonds is 5. The first kappa shape index (κ1) is 27.5. The van der Waals surface area contributed by atoms with Gasteiger partial charge in [0.25, 0.3) is 0 Å². The third kappa shape index (κ3) is 4.44. The molecule has 2 bridgehead atoms. The van der Waals surface area contributed by atoms with Crippen molar-refractivity contribution in [3.05, 3.63) is 47.4 Å². The first-order valence-corrected chi connectivity index (χ1v) is 15.4. The molecule has 4 saturated heterocycles. The van der Waals surface area contributed by atoms with Gasteiger partial charge in [0.15, 0.2) is 0 Å². The van der Waals surface area contributed by atoms with Crippen molar-refractivity contribution in [1.29, 1.82) is 0 Å². The summed E-state index contributed by atoms with van der Waals surface area (Å²) in [4.78, 5) is 19.3. The van der Waals surface area contributed by atoms with Gasteiger partial charge in [-0.05, 0) is 68.8 Å². The molecule has 2 N–H and O–H groups in total. The van der Waals surface area contributed by atoms with Crippen LogP contribution in [0.4, 0.5) is 14.6 Å². The van der Waals surface area contributed by atoms with E-state index >= 15 is 0 Å². The Bertz CT molecular complexity index is 1850. The molecule has 0 saturated carbocycles. The summed E-state index contributed by atoms with van der Waals surface area (Å²) in [6, 6.07) is 8.89. The van der Waals surface area contributed by atoms with Crippen molar-refractivity contribution in [2.75, 3.05) is 37.7 Å². The summed E-state index contributed by atoms with van der Waals surface area (Å²) >= 11 is 0. The molecule has 44 heavy (non-hydrogen) atoms. The van der Waals surface area contributed by atoms with E-state index in [1.807, 2.05) is 13.0 Å². The number of aromatic nitrogens is 3. The molecule has 4 aliphatic rings. The first-order chi connectivity index (χ1) is 21.3. The smallest absolute Gasteiger partial charge is 0.319 e. The molecule has 4 fully saturated rings. The molecule has 10 heteroatoms. The third-order valence-corrected chi connectivity index (χ3v) is 10.0. The lowest BCUT2D eigenvalue weighted by molar-refractivity contribution is 0.107. The van der Waals surface area contributed by atoms with E-state index in [2.05, 4.69) is 21.0 Å². The summed E-state index contributed by atoms with van der Waals surface area (Å²) in [5.74, 6) is 2.76. The van der Waals surface area contributed by atoms with Gasteiger partial charge in [-0.1, -0.05) is 12.0 Å². The van der Waals surface area contributed by atoms with E-state index in [1.54, 1.807) is 18.2 Å². The number of benzene rings is 2. The number of aromatic hydroxyl groups is 1. The van der Waals surface area contributed by atoms with Crippen LogP contribution >= 0.6 is 0 Å². The van der Waals surface area contributed by atoms with Gasteiger partial charge in [0.1, 0.15) is 30.2 Å². The second kappa shape index (κ2) is 10.2. The minimum Gasteiger partial charge on any atom is -0.508 e. The lowest BCUT2D eigenvalue weighted by atomic mass is 9.95. The lowest BCUT2D eigenvalue weighted by Gasteiger charge is -2.35. The molecule has 8 rings (SSSR count). The molecule has 2 aromatic heterocycles. The molecule has 0 aliphatic carbocycles. The number of nitrogens with one attached hydrogen (secondary N) is 1. The number of hydrogen-bond donors (Lipinski definition) is 2. The number of ether oxygens (including phenoxy) is 1. The average molecular weight is 597 g/mol. The fourth-order valence-electron chi connectivity index (χ4n) is 8.11. The quantitative estimate of drug-likeness (QED) is 0.316. The number of halogens is 2. The summed E-state index contributed by atoms with van der Waals surface area (Å²) in [6.45, 7) is 5.19. The SMILES string of the molecule is C#Cc1c(F)ccc2cc(O)cc(-c3cc4nc(OCC56CCCN5C[C@H](F)C6)nc(N5CC6CCC(C5)N6)c4c(C)n3)c12. The van der Waals surface area contributed by atoms with Crippen LogP contribution < -0.4 is 15.0 Å². The minimum absolute atomic E-state index is 0.0217. The highest BCUT2D eigenvalue weighted by atomic mass is 19.1. The molecule has 0 spiro atoms. The van der Waals surface area contributed by atoms with Crippen LogP contribution in [0.3, 0.4) is 0 Å². The van der Waals surface area contributed by atoms with E-state index in [9.17, 15) is 13.9 Å². The van der Waals surface area contributed by atoms with E-state index in [0.29, 0.717) is 64.9 Å². The molecule has 226 valence electrons. The number of pyridine rings is 1. The molecule has 4 aliphatic heterocycles. The van der Waals surface area contributed by atoms with Crippen molar-refractivity contribution in [1.82, 2.24) is 25.2 Å². The van der Waals surface area contributed by atoms with Crippen molar-refractivity contribution in [2.24, 2.45) is 0 Å². The molecule has 0 radical (unpaired) electrons. The Morgan fingerprint density at radius 1 is 1.11 bits per heavy atom. The third-order valence-electron chi connectivity index (χ3n) is 10.0. The van der Waals surface area contributed by atoms with Gasteiger partial charge in [0, 0.05) is 49.1 Å². The number of piperazine rings is 1. The minimum atomic E-state index is -0.852. The maximum Gasteiger partial charge on any atom is 0.319 e. The second-order valence-corrected chi connectivity index (χ2v) is 12.9. The van der Waals surface area contributed by atoms with Crippen molar-refractivity contribution in [3.8, 4) is 35.4 Å². The number of phenolic OH excluding ortho intramolecular Hbond substituents is 1. The number of terminal acetylenes is 1. The van der Waals surface area contributed by atoms with Crippen LogP contribution in [-0.2, 0) is 0 Å². The van der Waals surface area contributed by atoms with Gasteiger partial charge in [-0.25, -0.2) is 8.78 Å². The number of phenols is 1. The van der Waals surface area contributed by atoms with Gasteiger partial charge in [-0.3, -0.25) is 9.88 Å². The molecular weight excluding hydrogens is 562 g/mol. The fourth-order valence-corrected chi connectivity index (χ4v) is 8.11. The van der Waals surface area contributed by atoms with E-state index in [1.165, 1.54) is 6.07 Å². The second-order valence-electron chi connectivity index (χ2n) is 12.9. The Hall–Kier alpha value is -4.07. The van der Waals surface area contributed by atoms with E-state index in [-0.39, 0.29) is 22.9 Å². The van der Waals surface area contributed by atoms with Crippen LogP contribution in [-0.4, -0.2) is 81.5 Å². The van der Waals surface area contributed by atoms with Crippen molar-refractivity contribution >= 4 is 27.5 Å². The zero-order chi connectivity index (χ0) is 30.2. The van der Waals surface area contributed by atoms with Gasteiger partial charge in [-0.2, -0.15) is 9.97 Å². The Balaban J connectivity index is 1.27. The summed E-state index contributed by atoms with van der Waals surface area (Å²) in [7, 11) is 0. The highest BCUT2D eigenvalue weighted by Crippen LogP contribution is 2.42. The van der Waals surface area contributed by atoms with Gasteiger partial charge >= 0.3 is 6.01 Å². The van der Waals surface area contributed by atoms with Gasteiger partial charge < -0.3 is 20.1 Å². The Morgan fingerprint density at radius 3 is 2.73 bits per heavy atom. The van der Waals surface area contributed by atoms with Crippen LogP contribution in [0.1, 0.15) is 43.4 Å². The zero-order valence-corrected chi connectivity index (χ0v) is 24.6. The Kier molecular flexibility index (Phi) is 6.40. The number of hydrogen-bond acceptors (Lipinski definition) is 8. The molecule has 0 amide bonds. The maximum atomic E-state index is 14.9. The van der Waals surface area contributed by atoms with Crippen LogP contribution in [0.2, 0.25) is 0 Å². The average Bonchev–Trinajstić information content (AvgIpc) is 3.65. The Labute approximate surface area is 254 Å². The predicted molar refractivity (Wildman–Crippen MR) is 165 cm³/mol. The van der Waals surface area contributed by atoms with E-state index in [4.69, 9.17) is 26.1 Å². The maximum absolute atomic E-state index is 14.9.